The van der Waals surface area contributed by atoms with E-state index >= 15 is 0 Å². The van der Waals surface area contributed by atoms with Gasteiger partial charge < -0.3 is 5.73 Å². The highest BCUT2D eigenvalue weighted by Crippen LogP contribution is 2.34. The highest BCUT2D eigenvalue weighted by atomic mass is 19.1. The van der Waals surface area contributed by atoms with Gasteiger partial charge in [-0.05, 0) is 36.5 Å². The first-order valence-corrected chi connectivity index (χ1v) is 5.71. The number of nitrogen functional groups attached to an aromatic ring is 1. The molecule has 0 aliphatic heterocycles. The van der Waals surface area contributed by atoms with E-state index in [9.17, 15) is 4.39 Å². The quantitative estimate of drug-likeness (QED) is 0.614. The minimum absolute atomic E-state index is 0.199. The van der Waals surface area contributed by atoms with E-state index in [0.717, 1.165) is 23.6 Å². The van der Waals surface area contributed by atoms with Crippen LogP contribution in [0.5, 0.6) is 0 Å². The van der Waals surface area contributed by atoms with Gasteiger partial charge in [-0.1, -0.05) is 18.9 Å². The van der Waals surface area contributed by atoms with Crippen LogP contribution in [0.3, 0.4) is 0 Å². The van der Waals surface area contributed by atoms with Crippen molar-refractivity contribution in [2.75, 3.05) is 12.8 Å². The zero-order valence-corrected chi connectivity index (χ0v) is 9.54. The molecule has 2 nitrogen and oxygen atoms in total. The van der Waals surface area contributed by atoms with Crippen LogP contribution in [-0.4, -0.2) is 12.8 Å². The minimum atomic E-state index is -0.360. The topological polar surface area (TPSA) is 38.4 Å². The average molecular weight is 220 g/mol. The lowest BCUT2D eigenvalue weighted by atomic mass is 10.0. The lowest BCUT2D eigenvalue weighted by Crippen LogP contribution is -2.03. The van der Waals surface area contributed by atoms with E-state index in [0.29, 0.717) is 0 Å². The Balaban J connectivity index is 2.09. The SMILES string of the molecule is C/N=C(/CCC1CC1)c1ccc(F)c(N)c1. The van der Waals surface area contributed by atoms with Gasteiger partial charge in [0.15, 0.2) is 0 Å². The number of benzene rings is 1. The Hall–Kier alpha value is -1.38. The van der Waals surface area contributed by atoms with E-state index in [1.807, 2.05) is 0 Å². The maximum Gasteiger partial charge on any atom is 0.146 e. The molecule has 2 rings (SSSR count). The van der Waals surface area contributed by atoms with Crippen LogP contribution in [0, 0.1) is 11.7 Å². The van der Waals surface area contributed by atoms with Crippen LogP contribution in [0.25, 0.3) is 0 Å². The first kappa shape index (κ1) is 11.1. The highest BCUT2D eigenvalue weighted by Gasteiger charge is 2.21. The first-order valence-electron chi connectivity index (χ1n) is 5.71. The molecule has 0 aromatic heterocycles. The number of anilines is 1. The van der Waals surface area contributed by atoms with Crippen LogP contribution in [0.4, 0.5) is 10.1 Å². The summed E-state index contributed by atoms with van der Waals surface area (Å²) in [5, 5.41) is 0. The predicted octanol–water partition coefficient (Wildman–Crippen LogP) is 3.02. The summed E-state index contributed by atoms with van der Waals surface area (Å²) in [6, 6.07) is 4.83. The Labute approximate surface area is 95.4 Å². The van der Waals surface area contributed by atoms with Gasteiger partial charge in [0.2, 0.25) is 0 Å². The Morgan fingerprint density at radius 2 is 2.25 bits per heavy atom. The van der Waals surface area contributed by atoms with Gasteiger partial charge in [-0.25, -0.2) is 4.39 Å². The van der Waals surface area contributed by atoms with Gasteiger partial charge in [0.1, 0.15) is 5.82 Å². The van der Waals surface area contributed by atoms with E-state index in [2.05, 4.69) is 4.99 Å². The Morgan fingerprint density at radius 1 is 1.50 bits per heavy atom. The lowest BCUT2D eigenvalue weighted by Gasteiger charge is -2.07. The third-order valence-corrected chi connectivity index (χ3v) is 3.09. The number of halogens is 1. The summed E-state index contributed by atoms with van der Waals surface area (Å²) in [7, 11) is 1.78. The van der Waals surface area contributed by atoms with E-state index in [1.54, 1.807) is 19.2 Å². The molecule has 0 heterocycles. The molecule has 16 heavy (non-hydrogen) atoms. The second kappa shape index (κ2) is 4.64. The molecule has 0 bridgehead atoms. The number of aliphatic imine (C=N–C) groups is 1. The van der Waals surface area contributed by atoms with Gasteiger partial charge in [-0.15, -0.1) is 0 Å². The van der Waals surface area contributed by atoms with Crippen LogP contribution >= 0.6 is 0 Å². The predicted molar refractivity (Wildman–Crippen MR) is 65.2 cm³/mol. The highest BCUT2D eigenvalue weighted by molar-refractivity contribution is 6.01. The van der Waals surface area contributed by atoms with Crippen LogP contribution in [0.15, 0.2) is 23.2 Å². The van der Waals surface area contributed by atoms with Gasteiger partial charge in [-0.3, -0.25) is 4.99 Å². The van der Waals surface area contributed by atoms with Crippen molar-refractivity contribution in [3.8, 4) is 0 Å². The minimum Gasteiger partial charge on any atom is -0.396 e. The standard InChI is InChI=1S/C13H17FN2/c1-16-13(7-4-9-2-3-9)10-5-6-11(14)12(15)8-10/h5-6,8-9H,2-4,7,15H2,1H3/b16-13-. The van der Waals surface area contributed by atoms with Crippen LogP contribution in [0.2, 0.25) is 0 Å². The average Bonchev–Trinajstić information content (AvgIpc) is 3.08. The maximum atomic E-state index is 13.0. The van der Waals surface area contributed by atoms with Crippen molar-refractivity contribution in [3.63, 3.8) is 0 Å². The molecule has 0 radical (unpaired) electrons. The van der Waals surface area contributed by atoms with Gasteiger partial charge in [0, 0.05) is 12.8 Å². The normalized spacial score (nSPS) is 16.5. The van der Waals surface area contributed by atoms with Crippen molar-refractivity contribution in [3.05, 3.63) is 29.6 Å². The van der Waals surface area contributed by atoms with Gasteiger partial charge in [-0.2, -0.15) is 0 Å². The third kappa shape index (κ3) is 2.60. The molecule has 3 heteroatoms. The van der Waals surface area contributed by atoms with Gasteiger partial charge in [0.05, 0.1) is 5.69 Å². The summed E-state index contributed by atoms with van der Waals surface area (Å²) in [6.45, 7) is 0. The molecular formula is C13H17FN2. The third-order valence-electron chi connectivity index (χ3n) is 3.09. The molecule has 1 aliphatic carbocycles. The first-order chi connectivity index (χ1) is 7.70. The Bertz CT molecular complexity index is 408. The lowest BCUT2D eigenvalue weighted by molar-refractivity contribution is 0.632. The largest absolute Gasteiger partial charge is 0.396 e. The summed E-state index contributed by atoms with van der Waals surface area (Å²) >= 11 is 0. The molecule has 1 aromatic carbocycles. The summed E-state index contributed by atoms with van der Waals surface area (Å²) in [6.07, 6.45) is 4.85. The number of hydrogen-bond acceptors (Lipinski definition) is 2. The summed E-state index contributed by atoms with van der Waals surface area (Å²) in [4.78, 5) is 4.27. The van der Waals surface area contributed by atoms with E-state index in [1.165, 1.54) is 25.3 Å². The smallest absolute Gasteiger partial charge is 0.146 e. The van der Waals surface area contributed by atoms with Gasteiger partial charge in [0.25, 0.3) is 0 Å². The molecule has 1 aromatic rings. The van der Waals surface area contributed by atoms with E-state index in [-0.39, 0.29) is 11.5 Å². The zero-order valence-electron chi connectivity index (χ0n) is 9.54. The summed E-state index contributed by atoms with van der Waals surface area (Å²) in [5.41, 5.74) is 7.72. The number of rotatable bonds is 4. The van der Waals surface area contributed by atoms with Crippen molar-refractivity contribution in [2.24, 2.45) is 10.9 Å². The fraction of sp³-hybridized carbons (Fsp3) is 0.462. The molecule has 0 amide bonds. The number of hydrogen-bond donors (Lipinski definition) is 1. The number of nitrogens with zero attached hydrogens (tertiary/aromatic N) is 1. The molecule has 0 spiro atoms. The summed E-state index contributed by atoms with van der Waals surface area (Å²) in [5.74, 6) is 0.524. The van der Waals surface area contributed by atoms with Gasteiger partial charge >= 0.3 is 0 Å². The van der Waals surface area contributed by atoms with Crippen LogP contribution in [-0.2, 0) is 0 Å². The van der Waals surface area contributed by atoms with Crippen molar-refractivity contribution in [2.45, 2.75) is 25.7 Å². The van der Waals surface area contributed by atoms with Crippen LogP contribution in [0.1, 0.15) is 31.2 Å². The fourth-order valence-electron chi connectivity index (χ4n) is 1.86. The van der Waals surface area contributed by atoms with E-state index < -0.39 is 0 Å². The van der Waals surface area contributed by atoms with Crippen LogP contribution < -0.4 is 5.73 Å². The molecule has 1 saturated carbocycles. The summed E-state index contributed by atoms with van der Waals surface area (Å²) < 4.78 is 13.0. The monoisotopic (exact) mass is 220 g/mol. The van der Waals surface area contributed by atoms with Crippen molar-refractivity contribution < 1.29 is 4.39 Å². The second-order valence-electron chi connectivity index (χ2n) is 4.39. The van der Waals surface area contributed by atoms with E-state index in [4.69, 9.17) is 5.73 Å². The number of nitrogens with two attached hydrogens (primary N) is 1. The molecule has 0 atom stereocenters. The van der Waals surface area contributed by atoms with Crippen molar-refractivity contribution in [1.82, 2.24) is 0 Å². The second-order valence-corrected chi connectivity index (χ2v) is 4.39. The van der Waals surface area contributed by atoms with Crippen molar-refractivity contribution in [1.29, 1.82) is 0 Å². The fourth-order valence-corrected chi connectivity index (χ4v) is 1.86. The van der Waals surface area contributed by atoms with Crippen molar-refractivity contribution >= 4 is 11.4 Å². The zero-order chi connectivity index (χ0) is 11.5. The molecule has 0 unspecified atom stereocenters. The molecule has 1 fully saturated rings. The molecule has 0 saturated heterocycles. The Kier molecular flexibility index (Phi) is 3.22. The Morgan fingerprint density at radius 3 is 2.81 bits per heavy atom. The molecule has 86 valence electrons. The molecular weight excluding hydrogens is 203 g/mol. The maximum absolute atomic E-state index is 13.0. The molecule has 1 aliphatic rings. The molecule has 2 N–H and O–H groups in total.